The number of aromatic nitrogens is 2. The molecule has 1 aromatic carbocycles. The number of hydrogen-bond donors (Lipinski definition) is 0. The van der Waals surface area contributed by atoms with E-state index >= 15 is 0 Å². The highest BCUT2D eigenvalue weighted by Gasteiger charge is 2.03. The first-order chi connectivity index (χ1) is 6.92. The van der Waals surface area contributed by atoms with Gasteiger partial charge in [0.05, 0.1) is 11.9 Å². The fraction of sp³-hybridized carbons (Fsp3) is 0. The Bertz CT molecular complexity index is 423. The first-order valence-corrected chi connectivity index (χ1v) is 4.11. The second-order valence-corrected chi connectivity index (χ2v) is 2.63. The Hall–Kier alpha value is -2.10. The monoisotopic (exact) mass is 188 g/mol. The van der Waals surface area contributed by atoms with Crippen LogP contribution in [0.4, 0.5) is 0 Å². The zero-order valence-corrected chi connectivity index (χ0v) is 7.33. The fourth-order valence-electron chi connectivity index (χ4n) is 1.19. The van der Waals surface area contributed by atoms with Crippen molar-refractivity contribution < 1.29 is 9.53 Å². The molecule has 0 amide bonds. The molecule has 14 heavy (non-hydrogen) atoms. The van der Waals surface area contributed by atoms with Crippen LogP contribution in [0.25, 0.3) is 5.69 Å². The Balaban J connectivity index is 2.41. The highest BCUT2D eigenvalue weighted by Crippen LogP contribution is 2.15. The zero-order chi connectivity index (χ0) is 9.80. The maximum atomic E-state index is 10.2. The molecule has 0 bridgehead atoms. The average Bonchev–Trinajstić information content (AvgIpc) is 2.68. The van der Waals surface area contributed by atoms with Gasteiger partial charge in [-0.05, 0) is 12.1 Å². The van der Waals surface area contributed by atoms with Crippen LogP contribution in [0.3, 0.4) is 0 Å². The lowest BCUT2D eigenvalue weighted by Crippen LogP contribution is -2.00. The Labute approximate surface area is 80.7 Å². The topological polar surface area (TPSA) is 44.1 Å². The van der Waals surface area contributed by atoms with Crippen molar-refractivity contribution in [3.05, 3.63) is 42.6 Å². The molecule has 0 aliphatic carbocycles. The molecule has 70 valence electrons. The normalized spacial score (nSPS) is 9.71. The largest absolute Gasteiger partial charge is 0.410 e. The second kappa shape index (κ2) is 3.74. The van der Waals surface area contributed by atoms with Gasteiger partial charge in [-0.15, -0.1) is 0 Å². The van der Waals surface area contributed by atoms with Crippen molar-refractivity contribution in [2.45, 2.75) is 0 Å². The molecule has 0 saturated carbocycles. The van der Waals surface area contributed by atoms with Crippen molar-refractivity contribution >= 4 is 6.47 Å². The van der Waals surface area contributed by atoms with E-state index < -0.39 is 0 Å². The molecule has 0 radical (unpaired) electrons. The molecule has 0 unspecified atom stereocenters. The summed E-state index contributed by atoms with van der Waals surface area (Å²) in [4.78, 5) is 10.2. The average molecular weight is 188 g/mol. The zero-order valence-electron chi connectivity index (χ0n) is 7.33. The highest BCUT2D eigenvalue weighted by molar-refractivity contribution is 5.45. The van der Waals surface area contributed by atoms with Gasteiger partial charge >= 0.3 is 0 Å². The first kappa shape index (κ1) is 8.50. The van der Waals surface area contributed by atoms with Gasteiger partial charge in [0.25, 0.3) is 6.47 Å². The third kappa shape index (κ3) is 1.50. The molecule has 1 aromatic heterocycles. The lowest BCUT2D eigenvalue weighted by Gasteiger charge is -2.03. The number of carbonyl (C=O) groups is 1. The van der Waals surface area contributed by atoms with Crippen LogP contribution in [-0.4, -0.2) is 16.3 Å². The van der Waals surface area contributed by atoms with Crippen LogP contribution in [0.1, 0.15) is 0 Å². The number of para-hydroxylation sites is 1. The molecule has 0 aliphatic rings. The van der Waals surface area contributed by atoms with E-state index in [1.54, 1.807) is 16.9 Å². The number of ether oxygens (including phenoxy) is 1. The van der Waals surface area contributed by atoms with Gasteiger partial charge in [-0.1, -0.05) is 18.2 Å². The minimum atomic E-state index is 0.385. The Morgan fingerprint density at radius 1 is 1.21 bits per heavy atom. The quantitative estimate of drug-likeness (QED) is 0.684. The minimum absolute atomic E-state index is 0.385. The van der Waals surface area contributed by atoms with Gasteiger partial charge in [-0.3, -0.25) is 4.79 Å². The summed E-state index contributed by atoms with van der Waals surface area (Å²) in [6, 6.07) is 11.1. The molecule has 0 N–H and O–H groups in total. The van der Waals surface area contributed by atoms with E-state index in [-0.39, 0.29) is 0 Å². The summed E-state index contributed by atoms with van der Waals surface area (Å²) in [6.07, 6.45) is 1.58. The van der Waals surface area contributed by atoms with Crippen molar-refractivity contribution in [3.8, 4) is 11.6 Å². The third-order valence-corrected chi connectivity index (χ3v) is 1.78. The molecule has 1 heterocycles. The van der Waals surface area contributed by atoms with E-state index in [9.17, 15) is 4.79 Å². The smallest absolute Gasteiger partial charge is 0.299 e. The summed E-state index contributed by atoms with van der Waals surface area (Å²) < 4.78 is 6.30. The number of rotatable bonds is 3. The van der Waals surface area contributed by atoms with E-state index in [1.807, 2.05) is 30.3 Å². The molecule has 0 spiro atoms. The van der Waals surface area contributed by atoms with Gasteiger partial charge in [-0.25, -0.2) is 4.68 Å². The van der Waals surface area contributed by atoms with Crippen LogP contribution < -0.4 is 4.74 Å². The molecule has 0 saturated heterocycles. The van der Waals surface area contributed by atoms with Crippen molar-refractivity contribution in [1.29, 1.82) is 0 Å². The molecule has 4 nitrogen and oxygen atoms in total. The van der Waals surface area contributed by atoms with Crippen LogP contribution in [0.2, 0.25) is 0 Å². The van der Waals surface area contributed by atoms with Crippen molar-refractivity contribution in [2.24, 2.45) is 0 Å². The van der Waals surface area contributed by atoms with Crippen LogP contribution in [-0.2, 0) is 4.79 Å². The fourth-order valence-corrected chi connectivity index (χ4v) is 1.19. The summed E-state index contributed by atoms with van der Waals surface area (Å²) in [6.45, 7) is 0.385. The Kier molecular flexibility index (Phi) is 2.27. The molecule has 4 heteroatoms. The number of carbonyl (C=O) groups excluding carboxylic acids is 1. The molecule has 0 atom stereocenters. The summed E-state index contributed by atoms with van der Waals surface area (Å²) in [5.41, 5.74) is 0.856. The van der Waals surface area contributed by atoms with Crippen molar-refractivity contribution in [2.75, 3.05) is 0 Å². The number of hydrogen-bond acceptors (Lipinski definition) is 3. The maximum absolute atomic E-state index is 10.2. The van der Waals surface area contributed by atoms with Gasteiger partial charge in [0.2, 0.25) is 5.88 Å². The predicted octanol–water partition coefficient (Wildman–Crippen LogP) is 1.41. The van der Waals surface area contributed by atoms with Crippen LogP contribution in [0.15, 0.2) is 42.6 Å². The van der Waals surface area contributed by atoms with E-state index in [1.165, 1.54) is 0 Å². The van der Waals surface area contributed by atoms with Crippen molar-refractivity contribution in [3.63, 3.8) is 0 Å². The van der Waals surface area contributed by atoms with Gasteiger partial charge in [0.1, 0.15) is 0 Å². The van der Waals surface area contributed by atoms with Crippen LogP contribution >= 0.6 is 0 Å². The second-order valence-electron chi connectivity index (χ2n) is 2.63. The molecular weight excluding hydrogens is 180 g/mol. The standard InChI is InChI=1S/C10H8N2O2/c13-8-14-10-6-7-11-12(10)9-4-2-1-3-5-9/h1-8H. The van der Waals surface area contributed by atoms with Crippen molar-refractivity contribution in [1.82, 2.24) is 9.78 Å². The Morgan fingerprint density at radius 3 is 2.71 bits per heavy atom. The molecule has 2 aromatic rings. The summed E-state index contributed by atoms with van der Waals surface area (Å²) >= 11 is 0. The lowest BCUT2D eigenvalue weighted by molar-refractivity contribution is -0.121. The third-order valence-electron chi connectivity index (χ3n) is 1.78. The summed E-state index contributed by atoms with van der Waals surface area (Å²) in [5.74, 6) is 0.409. The van der Waals surface area contributed by atoms with Gasteiger partial charge in [0.15, 0.2) is 0 Å². The van der Waals surface area contributed by atoms with Gasteiger partial charge in [0, 0.05) is 6.07 Å². The van der Waals surface area contributed by atoms with E-state index in [0.29, 0.717) is 12.4 Å². The molecular formula is C10H8N2O2. The van der Waals surface area contributed by atoms with Crippen LogP contribution in [0.5, 0.6) is 5.88 Å². The lowest BCUT2D eigenvalue weighted by atomic mass is 10.3. The number of nitrogens with zero attached hydrogens (tertiary/aromatic N) is 2. The molecule has 0 aliphatic heterocycles. The summed E-state index contributed by atoms with van der Waals surface area (Å²) in [5, 5.41) is 4.04. The predicted molar refractivity (Wildman–Crippen MR) is 50.3 cm³/mol. The molecule has 0 fully saturated rings. The van der Waals surface area contributed by atoms with Crippen LogP contribution in [0, 0.1) is 0 Å². The number of benzene rings is 1. The van der Waals surface area contributed by atoms with E-state index in [0.717, 1.165) is 5.69 Å². The summed E-state index contributed by atoms with van der Waals surface area (Å²) in [7, 11) is 0. The van der Waals surface area contributed by atoms with E-state index in [4.69, 9.17) is 4.74 Å². The SMILES string of the molecule is O=COc1ccnn1-c1ccccc1. The van der Waals surface area contributed by atoms with Gasteiger partial charge < -0.3 is 4.74 Å². The molecule has 2 rings (SSSR count). The first-order valence-electron chi connectivity index (χ1n) is 4.11. The van der Waals surface area contributed by atoms with Gasteiger partial charge in [-0.2, -0.15) is 5.10 Å². The highest BCUT2D eigenvalue weighted by atomic mass is 16.5. The Morgan fingerprint density at radius 2 is 2.00 bits per heavy atom. The van der Waals surface area contributed by atoms with E-state index in [2.05, 4.69) is 5.10 Å². The minimum Gasteiger partial charge on any atom is -0.410 e. The maximum Gasteiger partial charge on any atom is 0.299 e.